The zero-order valence-electron chi connectivity index (χ0n) is 15.9. The number of hydrogen-bond donors (Lipinski definition) is 2. The van der Waals surface area contributed by atoms with E-state index < -0.39 is 15.9 Å². The van der Waals surface area contributed by atoms with E-state index in [9.17, 15) is 18.0 Å². The number of sulfonamides is 1. The molecule has 0 fully saturated rings. The minimum Gasteiger partial charge on any atom is -0.488 e. The van der Waals surface area contributed by atoms with Crippen LogP contribution in [0.1, 0.15) is 47.1 Å². The highest BCUT2D eigenvalue weighted by Gasteiger charge is 2.23. The Balaban J connectivity index is 1.78. The summed E-state index contributed by atoms with van der Waals surface area (Å²) in [4.78, 5) is 24.2. The van der Waals surface area contributed by atoms with Gasteiger partial charge in [-0.2, -0.15) is 0 Å². The molecule has 0 unspecified atom stereocenters. The summed E-state index contributed by atoms with van der Waals surface area (Å²) in [6, 6.07) is 10.5. The molecule has 2 aromatic rings. The summed E-state index contributed by atoms with van der Waals surface area (Å²) in [5.74, 6) is -0.504. The fraction of sp³-hybridized carbons (Fsp3) is 0.300. The maximum absolute atomic E-state index is 12.6. The average molecular weight is 402 g/mol. The molecule has 3 rings (SSSR count). The van der Waals surface area contributed by atoms with Crippen molar-refractivity contribution in [3.63, 3.8) is 0 Å². The molecule has 0 saturated heterocycles. The van der Waals surface area contributed by atoms with Crippen LogP contribution in [0.5, 0.6) is 5.75 Å². The van der Waals surface area contributed by atoms with Gasteiger partial charge in [-0.25, -0.2) is 13.1 Å². The number of carbonyl (C=O) groups is 2. The molecule has 0 atom stereocenters. The van der Waals surface area contributed by atoms with Crippen LogP contribution in [0.3, 0.4) is 0 Å². The summed E-state index contributed by atoms with van der Waals surface area (Å²) in [6.07, 6.45) is 0.636. The molecule has 1 aliphatic heterocycles. The van der Waals surface area contributed by atoms with E-state index in [4.69, 9.17) is 4.74 Å². The van der Waals surface area contributed by atoms with Gasteiger partial charge < -0.3 is 10.1 Å². The summed E-state index contributed by atoms with van der Waals surface area (Å²) in [6.45, 7) is 6.22. The predicted octanol–water partition coefficient (Wildman–Crippen LogP) is 2.27. The Labute approximate surface area is 164 Å². The van der Waals surface area contributed by atoms with Gasteiger partial charge in [-0.05, 0) is 69.2 Å². The van der Waals surface area contributed by atoms with Gasteiger partial charge in [-0.3, -0.25) is 9.59 Å². The van der Waals surface area contributed by atoms with Crippen molar-refractivity contribution in [3.8, 4) is 5.75 Å². The molecule has 2 amide bonds. The molecule has 0 bridgehead atoms. The van der Waals surface area contributed by atoms with Crippen LogP contribution in [-0.4, -0.2) is 32.4 Å². The number of benzene rings is 2. The molecular weight excluding hydrogens is 380 g/mol. The molecule has 28 heavy (non-hydrogen) atoms. The largest absolute Gasteiger partial charge is 0.488 e. The smallest absolute Gasteiger partial charge is 0.265 e. The Morgan fingerprint density at radius 2 is 1.79 bits per heavy atom. The lowest BCUT2D eigenvalue weighted by molar-refractivity contribution is 0.0944. The quantitative estimate of drug-likeness (QED) is 0.817. The Morgan fingerprint density at radius 3 is 2.43 bits per heavy atom. The second kappa shape index (κ2) is 7.27. The van der Waals surface area contributed by atoms with Crippen molar-refractivity contribution in [2.75, 3.05) is 6.54 Å². The molecule has 1 heterocycles. The van der Waals surface area contributed by atoms with Crippen LogP contribution in [0.2, 0.25) is 0 Å². The van der Waals surface area contributed by atoms with Crippen LogP contribution >= 0.6 is 0 Å². The van der Waals surface area contributed by atoms with Crippen LogP contribution < -0.4 is 14.8 Å². The van der Waals surface area contributed by atoms with Crippen LogP contribution in [0.25, 0.3) is 0 Å². The minimum atomic E-state index is -4.11. The van der Waals surface area contributed by atoms with Gasteiger partial charge in [0.25, 0.3) is 21.8 Å². The lowest BCUT2D eigenvalue weighted by Crippen LogP contribution is -2.33. The monoisotopic (exact) mass is 402 g/mol. The van der Waals surface area contributed by atoms with E-state index >= 15 is 0 Å². The third-order valence-corrected chi connectivity index (χ3v) is 5.41. The average Bonchev–Trinajstić information content (AvgIpc) is 2.60. The minimum absolute atomic E-state index is 0.135. The fourth-order valence-electron chi connectivity index (χ4n) is 2.83. The molecule has 148 valence electrons. The molecule has 0 aliphatic carbocycles. The normalized spacial score (nSPS) is 14.0. The van der Waals surface area contributed by atoms with Crippen molar-refractivity contribution in [2.45, 2.75) is 37.7 Å². The van der Waals surface area contributed by atoms with Gasteiger partial charge in [0.1, 0.15) is 11.4 Å². The third-order valence-electron chi connectivity index (χ3n) is 4.08. The SMILES string of the molecule is CC(C)(C)Oc1ccc(C(=O)NS(=O)(=O)c2ccc3c(c2)C(=O)NCC3)cc1. The van der Waals surface area contributed by atoms with E-state index in [-0.39, 0.29) is 22.0 Å². The molecular formula is C20H22N2O5S. The van der Waals surface area contributed by atoms with Crippen molar-refractivity contribution >= 4 is 21.8 Å². The molecule has 2 N–H and O–H groups in total. The topological polar surface area (TPSA) is 102 Å². The Bertz CT molecular complexity index is 1020. The first-order valence-electron chi connectivity index (χ1n) is 8.82. The molecule has 7 nitrogen and oxygen atoms in total. The molecule has 2 aromatic carbocycles. The predicted molar refractivity (Wildman–Crippen MR) is 104 cm³/mol. The van der Waals surface area contributed by atoms with E-state index in [0.29, 0.717) is 24.3 Å². The summed E-state index contributed by atoms with van der Waals surface area (Å²) >= 11 is 0. The number of carbonyl (C=O) groups excluding carboxylic acids is 2. The number of hydrogen-bond acceptors (Lipinski definition) is 5. The second-order valence-corrected chi connectivity index (χ2v) is 9.18. The first-order chi connectivity index (χ1) is 13.0. The first-order valence-corrected chi connectivity index (χ1v) is 10.3. The summed E-state index contributed by atoms with van der Waals surface area (Å²) in [5.41, 5.74) is 0.889. The number of nitrogens with one attached hydrogen (secondary N) is 2. The summed E-state index contributed by atoms with van der Waals surface area (Å²) in [5, 5.41) is 2.67. The van der Waals surface area contributed by atoms with Crippen molar-refractivity contribution in [2.24, 2.45) is 0 Å². The first kappa shape index (κ1) is 19.9. The van der Waals surface area contributed by atoms with Gasteiger partial charge in [0.2, 0.25) is 0 Å². The lowest BCUT2D eigenvalue weighted by Gasteiger charge is -2.21. The van der Waals surface area contributed by atoms with Crippen molar-refractivity contribution in [1.82, 2.24) is 10.0 Å². The highest BCUT2D eigenvalue weighted by Crippen LogP contribution is 2.21. The number of fused-ring (bicyclic) bond motifs is 1. The lowest BCUT2D eigenvalue weighted by atomic mass is 10.0. The van der Waals surface area contributed by atoms with Gasteiger partial charge in [-0.1, -0.05) is 6.07 Å². The van der Waals surface area contributed by atoms with E-state index in [0.717, 1.165) is 5.56 Å². The van der Waals surface area contributed by atoms with E-state index in [1.54, 1.807) is 18.2 Å². The van der Waals surface area contributed by atoms with Crippen molar-refractivity contribution in [1.29, 1.82) is 0 Å². The Kier molecular flexibility index (Phi) is 5.16. The highest BCUT2D eigenvalue weighted by molar-refractivity contribution is 7.90. The van der Waals surface area contributed by atoms with Gasteiger partial charge in [0, 0.05) is 17.7 Å². The molecule has 8 heteroatoms. The fourth-order valence-corrected chi connectivity index (χ4v) is 3.83. The molecule has 0 radical (unpaired) electrons. The van der Waals surface area contributed by atoms with Crippen molar-refractivity contribution in [3.05, 3.63) is 59.2 Å². The van der Waals surface area contributed by atoms with E-state index in [2.05, 4.69) is 5.32 Å². The van der Waals surface area contributed by atoms with E-state index in [1.807, 2.05) is 25.5 Å². The third kappa shape index (κ3) is 4.51. The number of amides is 2. The zero-order valence-corrected chi connectivity index (χ0v) is 16.7. The molecule has 0 saturated carbocycles. The number of rotatable bonds is 4. The summed E-state index contributed by atoms with van der Waals surface area (Å²) in [7, 11) is -4.11. The maximum atomic E-state index is 12.6. The van der Waals surface area contributed by atoms with E-state index in [1.165, 1.54) is 24.3 Å². The van der Waals surface area contributed by atoms with Gasteiger partial charge >= 0.3 is 0 Å². The summed E-state index contributed by atoms with van der Waals surface area (Å²) < 4.78 is 32.9. The maximum Gasteiger partial charge on any atom is 0.265 e. The van der Waals surface area contributed by atoms with Gasteiger partial charge in [-0.15, -0.1) is 0 Å². The second-order valence-electron chi connectivity index (χ2n) is 7.50. The number of ether oxygens (including phenoxy) is 1. The van der Waals surface area contributed by atoms with Crippen LogP contribution in [0.15, 0.2) is 47.4 Å². The van der Waals surface area contributed by atoms with Crippen LogP contribution in [-0.2, 0) is 16.4 Å². The zero-order chi connectivity index (χ0) is 20.5. The van der Waals surface area contributed by atoms with Crippen LogP contribution in [0.4, 0.5) is 0 Å². The van der Waals surface area contributed by atoms with Gasteiger partial charge in [0.15, 0.2) is 0 Å². The van der Waals surface area contributed by atoms with Crippen LogP contribution in [0, 0.1) is 0 Å². The highest BCUT2D eigenvalue weighted by atomic mass is 32.2. The Hall–Kier alpha value is -2.87. The van der Waals surface area contributed by atoms with Gasteiger partial charge in [0.05, 0.1) is 4.90 Å². The standard InChI is InChI=1S/C20H22N2O5S/c1-20(2,3)27-15-7-4-14(5-8-15)18(23)22-28(25,26)16-9-6-13-10-11-21-19(24)17(13)12-16/h4-9,12H,10-11H2,1-3H3,(H,21,24)(H,22,23). The molecule has 1 aliphatic rings. The van der Waals surface area contributed by atoms with Crippen molar-refractivity contribution < 1.29 is 22.7 Å². The molecule has 0 spiro atoms. The Morgan fingerprint density at radius 1 is 1.11 bits per heavy atom. The molecule has 0 aromatic heterocycles.